The van der Waals surface area contributed by atoms with Crippen LogP contribution in [0.4, 0.5) is 0 Å². The number of rotatable bonds is 6. The summed E-state index contributed by atoms with van der Waals surface area (Å²) in [7, 11) is -0.510. The second-order valence-corrected chi connectivity index (χ2v) is 7.02. The van der Waals surface area contributed by atoms with Crippen LogP contribution in [0.15, 0.2) is 45.9 Å². The monoisotopic (exact) mass is 352 g/mol. The summed E-state index contributed by atoms with van der Waals surface area (Å²) in [6, 6.07) is 7.91. The molecule has 0 saturated heterocycles. The number of carbonyl (C=O) groups is 1. The predicted molar refractivity (Wildman–Crippen MR) is 87.7 cm³/mol. The Morgan fingerprint density at radius 3 is 2.46 bits per heavy atom. The molecule has 8 heteroatoms. The second-order valence-electron chi connectivity index (χ2n) is 5.45. The van der Waals surface area contributed by atoms with E-state index in [-0.39, 0.29) is 10.9 Å². The van der Waals surface area contributed by atoms with Crippen molar-refractivity contribution in [3.63, 3.8) is 0 Å². The van der Waals surface area contributed by atoms with Crippen LogP contribution >= 0.6 is 0 Å². The molecule has 1 atom stereocenters. The minimum absolute atomic E-state index is 0.0323. The molecule has 0 unspecified atom stereocenters. The molecule has 0 aliphatic heterocycles. The third-order valence-electron chi connectivity index (χ3n) is 3.90. The Morgan fingerprint density at radius 2 is 1.92 bits per heavy atom. The Hall–Kier alpha value is -2.16. The summed E-state index contributed by atoms with van der Waals surface area (Å²) in [5.41, 5.74) is 1.30. The smallest absolute Gasteiger partial charge is 0.341 e. The lowest BCUT2D eigenvalue weighted by Crippen LogP contribution is -2.23. The lowest BCUT2D eigenvalue weighted by Gasteiger charge is -2.24. The zero-order valence-electron chi connectivity index (χ0n) is 13.7. The standard InChI is InChI=1S/C16H20N2O5S/c1-11(12-4-6-13(7-5-12)24(17,20)21)18(2)10-15-14(8-9-23-15)16(19)22-3/h4-9,11H,10H2,1-3H3,(H2,17,20,21)/t11-/m1/s1. The summed E-state index contributed by atoms with van der Waals surface area (Å²) in [5.74, 6) is 0.0645. The number of ether oxygens (including phenoxy) is 1. The summed E-state index contributed by atoms with van der Waals surface area (Å²) in [4.78, 5) is 13.7. The third kappa shape index (κ3) is 4.02. The van der Waals surface area contributed by atoms with E-state index in [1.807, 2.05) is 18.9 Å². The van der Waals surface area contributed by atoms with Gasteiger partial charge in [-0.3, -0.25) is 4.90 Å². The Morgan fingerprint density at radius 1 is 1.29 bits per heavy atom. The van der Waals surface area contributed by atoms with Crippen molar-refractivity contribution in [3.8, 4) is 0 Å². The maximum absolute atomic E-state index is 11.7. The zero-order valence-corrected chi connectivity index (χ0v) is 14.5. The number of furan rings is 1. The van der Waals surface area contributed by atoms with E-state index < -0.39 is 16.0 Å². The van der Waals surface area contributed by atoms with Gasteiger partial charge in [0, 0.05) is 6.04 Å². The largest absolute Gasteiger partial charge is 0.467 e. The second kappa shape index (κ2) is 7.16. The minimum Gasteiger partial charge on any atom is -0.467 e. The summed E-state index contributed by atoms with van der Waals surface area (Å²) >= 11 is 0. The SMILES string of the molecule is COC(=O)c1ccoc1CN(C)[C@H](C)c1ccc(S(N)(=O)=O)cc1. The van der Waals surface area contributed by atoms with Crippen LogP contribution in [-0.4, -0.2) is 33.4 Å². The molecule has 0 spiro atoms. The van der Waals surface area contributed by atoms with Crippen molar-refractivity contribution >= 4 is 16.0 Å². The van der Waals surface area contributed by atoms with E-state index in [0.29, 0.717) is 17.9 Å². The quantitative estimate of drug-likeness (QED) is 0.797. The number of methoxy groups -OCH3 is 1. The molecule has 1 aromatic carbocycles. The van der Waals surface area contributed by atoms with Crippen LogP contribution in [0.1, 0.15) is 34.6 Å². The molecule has 1 heterocycles. The minimum atomic E-state index is -3.70. The van der Waals surface area contributed by atoms with E-state index in [1.54, 1.807) is 18.2 Å². The van der Waals surface area contributed by atoms with Crippen molar-refractivity contribution in [2.24, 2.45) is 5.14 Å². The molecule has 0 aliphatic carbocycles. The molecule has 24 heavy (non-hydrogen) atoms. The van der Waals surface area contributed by atoms with Gasteiger partial charge in [-0.2, -0.15) is 0 Å². The fourth-order valence-corrected chi connectivity index (χ4v) is 2.82. The molecule has 2 rings (SSSR count). The first kappa shape index (κ1) is 18.2. The van der Waals surface area contributed by atoms with Gasteiger partial charge in [0.15, 0.2) is 0 Å². The molecule has 7 nitrogen and oxygen atoms in total. The van der Waals surface area contributed by atoms with Crippen molar-refractivity contribution in [3.05, 3.63) is 53.5 Å². The van der Waals surface area contributed by atoms with Gasteiger partial charge >= 0.3 is 5.97 Å². The van der Waals surface area contributed by atoms with Gasteiger partial charge in [-0.1, -0.05) is 12.1 Å². The summed E-state index contributed by atoms with van der Waals surface area (Å²) < 4.78 is 32.7. The Bertz CT molecular complexity index is 811. The van der Waals surface area contributed by atoms with Crippen molar-refractivity contribution in [1.82, 2.24) is 4.90 Å². The van der Waals surface area contributed by atoms with Crippen molar-refractivity contribution < 1.29 is 22.4 Å². The molecule has 0 saturated carbocycles. The third-order valence-corrected chi connectivity index (χ3v) is 4.83. The van der Waals surface area contributed by atoms with Crippen LogP contribution in [-0.2, 0) is 21.3 Å². The number of primary sulfonamides is 1. The summed E-state index contributed by atoms with van der Waals surface area (Å²) in [5, 5.41) is 5.10. The van der Waals surface area contributed by atoms with Crippen LogP contribution in [0.25, 0.3) is 0 Å². The zero-order chi connectivity index (χ0) is 17.9. The molecule has 0 aliphatic rings. The van der Waals surface area contributed by atoms with Crippen LogP contribution < -0.4 is 5.14 Å². The van der Waals surface area contributed by atoms with Gasteiger partial charge in [-0.05, 0) is 37.7 Å². The van der Waals surface area contributed by atoms with Gasteiger partial charge in [0.1, 0.15) is 11.3 Å². The molecular formula is C16H20N2O5S. The van der Waals surface area contributed by atoms with Gasteiger partial charge in [-0.15, -0.1) is 0 Å². The number of hydrogen-bond acceptors (Lipinski definition) is 6. The maximum Gasteiger partial charge on any atom is 0.341 e. The molecule has 0 radical (unpaired) electrons. The van der Waals surface area contributed by atoms with Gasteiger partial charge in [0.2, 0.25) is 10.0 Å². The molecule has 2 N–H and O–H groups in total. The normalized spacial score (nSPS) is 13.0. The van der Waals surface area contributed by atoms with E-state index >= 15 is 0 Å². The Kier molecular flexibility index (Phi) is 5.43. The topological polar surface area (TPSA) is 103 Å². The van der Waals surface area contributed by atoms with Crippen LogP contribution in [0.5, 0.6) is 0 Å². The molecule has 0 fully saturated rings. The van der Waals surface area contributed by atoms with Gasteiger partial charge in [-0.25, -0.2) is 18.4 Å². The lowest BCUT2D eigenvalue weighted by molar-refractivity contribution is 0.0596. The van der Waals surface area contributed by atoms with Crippen LogP contribution in [0.2, 0.25) is 0 Å². The average Bonchev–Trinajstić information content (AvgIpc) is 3.00. The van der Waals surface area contributed by atoms with Crippen molar-refractivity contribution in [1.29, 1.82) is 0 Å². The molecule has 130 valence electrons. The van der Waals surface area contributed by atoms with E-state index in [1.165, 1.54) is 25.5 Å². The van der Waals surface area contributed by atoms with Gasteiger partial charge in [0.05, 0.1) is 24.8 Å². The van der Waals surface area contributed by atoms with E-state index in [2.05, 4.69) is 0 Å². The van der Waals surface area contributed by atoms with Crippen LogP contribution in [0.3, 0.4) is 0 Å². The number of nitrogens with zero attached hydrogens (tertiary/aromatic N) is 1. The lowest BCUT2D eigenvalue weighted by atomic mass is 10.1. The molecule has 2 aromatic rings. The molecule has 0 bridgehead atoms. The Balaban J connectivity index is 2.14. The number of carbonyl (C=O) groups excluding carboxylic acids is 1. The Labute approximate surface area is 141 Å². The van der Waals surface area contributed by atoms with E-state index in [4.69, 9.17) is 14.3 Å². The maximum atomic E-state index is 11.7. The highest BCUT2D eigenvalue weighted by Gasteiger charge is 2.20. The highest BCUT2D eigenvalue weighted by atomic mass is 32.2. The fourth-order valence-electron chi connectivity index (χ4n) is 2.31. The predicted octanol–water partition coefficient (Wildman–Crippen LogP) is 1.91. The highest BCUT2D eigenvalue weighted by Crippen LogP contribution is 2.23. The number of esters is 1. The number of nitrogens with two attached hydrogens (primary N) is 1. The van der Waals surface area contributed by atoms with E-state index in [0.717, 1.165) is 5.56 Å². The average molecular weight is 352 g/mol. The molecule has 0 amide bonds. The first-order valence-electron chi connectivity index (χ1n) is 7.21. The highest BCUT2D eigenvalue weighted by molar-refractivity contribution is 7.89. The van der Waals surface area contributed by atoms with Gasteiger partial charge in [0.25, 0.3) is 0 Å². The first-order chi connectivity index (χ1) is 11.2. The fraction of sp³-hybridized carbons (Fsp3) is 0.312. The van der Waals surface area contributed by atoms with Crippen LogP contribution in [0, 0.1) is 0 Å². The summed E-state index contributed by atoms with van der Waals surface area (Å²) in [6.45, 7) is 2.36. The number of sulfonamides is 1. The number of benzene rings is 1. The van der Waals surface area contributed by atoms with Crippen molar-refractivity contribution in [2.45, 2.75) is 24.4 Å². The molecule has 1 aromatic heterocycles. The summed E-state index contributed by atoms with van der Waals surface area (Å²) in [6.07, 6.45) is 1.45. The van der Waals surface area contributed by atoms with Crippen molar-refractivity contribution in [2.75, 3.05) is 14.2 Å². The molecular weight excluding hydrogens is 332 g/mol. The van der Waals surface area contributed by atoms with Gasteiger partial charge < -0.3 is 9.15 Å². The number of hydrogen-bond donors (Lipinski definition) is 1. The van der Waals surface area contributed by atoms with E-state index in [9.17, 15) is 13.2 Å². The first-order valence-corrected chi connectivity index (χ1v) is 8.76.